The van der Waals surface area contributed by atoms with E-state index in [1.807, 2.05) is 49.2 Å². The molecule has 6 nitrogen and oxygen atoms in total. The molecule has 1 saturated heterocycles. The number of ether oxygens (including phenoxy) is 2. The Morgan fingerprint density at radius 1 is 1.18 bits per heavy atom. The molecule has 0 amide bonds. The largest absolute Gasteiger partial charge is 0.497 e. The highest BCUT2D eigenvalue weighted by Crippen LogP contribution is 2.31. The first kappa shape index (κ1) is 18.8. The zero-order chi connectivity index (χ0) is 19.7. The van der Waals surface area contributed by atoms with Gasteiger partial charge in [0.05, 0.1) is 31.3 Å². The maximum atomic E-state index is 13.7. The molecule has 1 fully saturated rings. The van der Waals surface area contributed by atoms with Gasteiger partial charge in [-0.3, -0.25) is 9.69 Å². The van der Waals surface area contributed by atoms with Crippen LogP contribution in [0.25, 0.3) is 21.7 Å². The summed E-state index contributed by atoms with van der Waals surface area (Å²) in [4.78, 5) is 17.9. The molecule has 1 aromatic heterocycles. The first-order valence-electron chi connectivity index (χ1n) is 9.70. The van der Waals surface area contributed by atoms with Crippen LogP contribution in [0.2, 0.25) is 0 Å². The molecule has 0 saturated carbocycles. The Hall–Kier alpha value is -2.57. The molecule has 0 atom stereocenters. The molecule has 1 aliphatic heterocycles. The van der Waals surface area contributed by atoms with E-state index in [0.717, 1.165) is 36.2 Å². The molecule has 6 heteroatoms. The van der Waals surface area contributed by atoms with E-state index in [0.29, 0.717) is 42.2 Å². The second kappa shape index (κ2) is 7.81. The first-order chi connectivity index (χ1) is 13.6. The summed E-state index contributed by atoms with van der Waals surface area (Å²) in [7, 11) is 3.59. The molecule has 0 unspecified atom stereocenters. The van der Waals surface area contributed by atoms with Gasteiger partial charge < -0.3 is 18.8 Å². The maximum Gasteiger partial charge on any atom is 0.204 e. The summed E-state index contributed by atoms with van der Waals surface area (Å²) in [6, 6.07) is 9.66. The number of benzene rings is 2. The highest BCUT2D eigenvalue weighted by molar-refractivity contribution is 6.06. The lowest BCUT2D eigenvalue weighted by molar-refractivity contribution is 0.0339. The normalized spacial score (nSPS) is 15.2. The Morgan fingerprint density at radius 2 is 1.93 bits per heavy atom. The number of morpholine rings is 1. The number of anilines is 1. The van der Waals surface area contributed by atoms with Crippen molar-refractivity contribution >= 4 is 27.6 Å². The minimum absolute atomic E-state index is 0.0295. The zero-order valence-corrected chi connectivity index (χ0v) is 16.7. The van der Waals surface area contributed by atoms with Crippen LogP contribution in [0.1, 0.15) is 12.5 Å². The molecule has 148 valence electrons. The van der Waals surface area contributed by atoms with Crippen LogP contribution in [0.3, 0.4) is 0 Å². The molecule has 2 heterocycles. The van der Waals surface area contributed by atoms with Crippen LogP contribution in [-0.2, 0) is 11.3 Å². The highest BCUT2D eigenvalue weighted by atomic mass is 16.5. The van der Waals surface area contributed by atoms with E-state index in [1.54, 1.807) is 7.11 Å². The van der Waals surface area contributed by atoms with Crippen molar-refractivity contribution in [3.63, 3.8) is 0 Å². The zero-order valence-electron chi connectivity index (χ0n) is 16.7. The van der Waals surface area contributed by atoms with Gasteiger partial charge in [-0.05, 0) is 30.5 Å². The van der Waals surface area contributed by atoms with E-state index in [-0.39, 0.29) is 5.43 Å². The fourth-order valence-electron chi connectivity index (χ4n) is 3.71. The third-order valence-electron chi connectivity index (χ3n) is 5.46. The van der Waals surface area contributed by atoms with E-state index in [4.69, 9.17) is 13.9 Å². The lowest BCUT2D eigenvalue weighted by atomic mass is 10.0. The third kappa shape index (κ3) is 3.34. The summed E-state index contributed by atoms with van der Waals surface area (Å²) in [6.07, 6.45) is 0. The number of hydrogen-bond acceptors (Lipinski definition) is 6. The summed E-state index contributed by atoms with van der Waals surface area (Å²) in [6.45, 7) is 6.38. The van der Waals surface area contributed by atoms with Crippen molar-refractivity contribution in [2.75, 3.05) is 51.9 Å². The lowest BCUT2D eigenvalue weighted by Crippen LogP contribution is -2.37. The smallest absolute Gasteiger partial charge is 0.204 e. The summed E-state index contributed by atoms with van der Waals surface area (Å²) in [5.41, 5.74) is 1.34. The Balaban J connectivity index is 1.96. The second-order valence-electron chi connectivity index (χ2n) is 7.14. The van der Waals surface area contributed by atoms with Crippen LogP contribution in [0.4, 0.5) is 5.88 Å². The molecule has 1 aliphatic rings. The molecule has 0 radical (unpaired) electrons. The molecule has 4 rings (SSSR count). The van der Waals surface area contributed by atoms with E-state index < -0.39 is 0 Å². The highest BCUT2D eigenvalue weighted by Gasteiger charge is 2.22. The topological polar surface area (TPSA) is 55.2 Å². The maximum absolute atomic E-state index is 13.7. The standard InChI is InChI=1S/C22H26N2O4/c1-4-23(2)22-18(14-24-9-11-27-12-10-24)21(25)20-17-13-16(26-3)7-5-15(17)6-8-19(20)28-22/h5-8,13H,4,9-12,14H2,1-3H3. The van der Waals surface area contributed by atoms with Crippen molar-refractivity contribution in [2.45, 2.75) is 13.5 Å². The van der Waals surface area contributed by atoms with Crippen molar-refractivity contribution in [3.8, 4) is 5.75 Å². The predicted molar refractivity (Wildman–Crippen MR) is 112 cm³/mol. The second-order valence-corrected chi connectivity index (χ2v) is 7.14. The summed E-state index contributed by atoms with van der Waals surface area (Å²) >= 11 is 0. The van der Waals surface area contributed by atoms with Crippen molar-refractivity contribution in [2.24, 2.45) is 0 Å². The number of hydrogen-bond donors (Lipinski definition) is 0. The quantitative estimate of drug-likeness (QED) is 0.632. The van der Waals surface area contributed by atoms with Crippen LogP contribution in [-0.4, -0.2) is 51.9 Å². The SMILES string of the molecule is CCN(C)c1oc2ccc3ccc(OC)cc3c2c(=O)c1CN1CCOCC1. The van der Waals surface area contributed by atoms with Gasteiger partial charge in [-0.15, -0.1) is 0 Å². The monoisotopic (exact) mass is 382 g/mol. The van der Waals surface area contributed by atoms with Gasteiger partial charge in [0.15, 0.2) is 5.43 Å². The number of methoxy groups -OCH3 is 1. The van der Waals surface area contributed by atoms with Gasteiger partial charge in [-0.2, -0.15) is 0 Å². The van der Waals surface area contributed by atoms with E-state index >= 15 is 0 Å². The van der Waals surface area contributed by atoms with Gasteiger partial charge >= 0.3 is 0 Å². The molecule has 0 spiro atoms. The fraction of sp³-hybridized carbons (Fsp3) is 0.409. The van der Waals surface area contributed by atoms with Gasteiger partial charge in [0.1, 0.15) is 11.3 Å². The fourth-order valence-corrected chi connectivity index (χ4v) is 3.71. The van der Waals surface area contributed by atoms with E-state index in [1.165, 1.54) is 0 Å². The van der Waals surface area contributed by atoms with Crippen molar-refractivity contribution < 1.29 is 13.9 Å². The molecule has 28 heavy (non-hydrogen) atoms. The third-order valence-corrected chi connectivity index (χ3v) is 5.46. The minimum atomic E-state index is 0.0295. The number of rotatable bonds is 5. The van der Waals surface area contributed by atoms with Crippen LogP contribution >= 0.6 is 0 Å². The molecular formula is C22H26N2O4. The van der Waals surface area contributed by atoms with E-state index in [9.17, 15) is 4.79 Å². The summed E-state index contributed by atoms with van der Waals surface area (Å²) in [5, 5.41) is 2.47. The Labute approximate surface area is 164 Å². The van der Waals surface area contributed by atoms with Crippen LogP contribution in [0.5, 0.6) is 5.75 Å². The number of nitrogens with zero attached hydrogens (tertiary/aromatic N) is 2. The van der Waals surface area contributed by atoms with Gasteiger partial charge in [0.25, 0.3) is 0 Å². The van der Waals surface area contributed by atoms with Crippen LogP contribution in [0, 0.1) is 0 Å². The number of fused-ring (bicyclic) bond motifs is 3. The first-order valence-corrected chi connectivity index (χ1v) is 9.70. The van der Waals surface area contributed by atoms with Crippen LogP contribution < -0.4 is 15.1 Å². The van der Waals surface area contributed by atoms with Crippen molar-refractivity contribution in [3.05, 3.63) is 46.1 Å². The summed E-state index contributed by atoms with van der Waals surface area (Å²) in [5.74, 6) is 1.37. The Kier molecular flexibility index (Phi) is 5.24. The minimum Gasteiger partial charge on any atom is -0.497 e. The van der Waals surface area contributed by atoms with Gasteiger partial charge in [-0.1, -0.05) is 12.1 Å². The Morgan fingerprint density at radius 3 is 2.64 bits per heavy atom. The Bertz CT molecular complexity index is 1050. The molecule has 0 aliphatic carbocycles. The van der Waals surface area contributed by atoms with Gasteiger partial charge in [0.2, 0.25) is 5.88 Å². The molecular weight excluding hydrogens is 356 g/mol. The molecule has 3 aromatic rings. The van der Waals surface area contributed by atoms with Crippen LogP contribution in [0.15, 0.2) is 39.5 Å². The van der Waals surface area contributed by atoms with Crippen molar-refractivity contribution in [1.82, 2.24) is 4.90 Å². The van der Waals surface area contributed by atoms with Gasteiger partial charge in [-0.25, -0.2) is 0 Å². The molecule has 0 bridgehead atoms. The summed E-state index contributed by atoms with van der Waals surface area (Å²) < 4.78 is 17.1. The van der Waals surface area contributed by atoms with Gasteiger partial charge in [0, 0.05) is 38.6 Å². The predicted octanol–water partition coefficient (Wildman–Crippen LogP) is 3.24. The average molecular weight is 382 g/mol. The molecule has 0 N–H and O–H groups in total. The average Bonchev–Trinajstić information content (AvgIpc) is 2.74. The molecule has 2 aromatic carbocycles. The van der Waals surface area contributed by atoms with Crippen molar-refractivity contribution in [1.29, 1.82) is 0 Å². The van der Waals surface area contributed by atoms with E-state index in [2.05, 4.69) is 4.90 Å². The lowest BCUT2D eigenvalue weighted by Gasteiger charge is -2.28.